The molecule has 5 heteroatoms. The quantitative estimate of drug-likeness (QED) is 0.780. The molecule has 1 unspecified atom stereocenters. The SMILES string of the molecule is CC(C)CC(C)Nc1nc(N)ns1. The van der Waals surface area contributed by atoms with Crippen molar-refractivity contribution in [1.29, 1.82) is 0 Å². The van der Waals surface area contributed by atoms with Gasteiger partial charge in [-0.3, -0.25) is 0 Å². The standard InChI is InChI=1S/C8H16N4S/c1-5(2)4-6(3)10-8-11-7(9)12-13-8/h5-6H,4H2,1-3H3,(H3,9,10,11,12). The molecular formula is C8H16N4S. The van der Waals surface area contributed by atoms with E-state index in [1.807, 2.05) is 0 Å². The van der Waals surface area contributed by atoms with Crippen molar-refractivity contribution in [2.24, 2.45) is 5.92 Å². The van der Waals surface area contributed by atoms with Gasteiger partial charge in [-0.1, -0.05) is 13.8 Å². The Kier molecular flexibility index (Phi) is 3.48. The van der Waals surface area contributed by atoms with Crippen LogP contribution < -0.4 is 11.1 Å². The van der Waals surface area contributed by atoms with Crippen LogP contribution in [0.1, 0.15) is 27.2 Å². The molecule has 0 aromatic carbocycles. The molecule has 0 aliphatic carbocycles. The number of nitrogen functional groups attached to an aromatic ring is 1. The Morgan fingerprint density at radius 1 is 1.46 bits per heavy atom. The van der Waals surface area contributed by atoms with Crippen molar-refractivity contribution in [3.8, 4) is 0 Å². The Bertz CT molecular complexity index is 258. The molecule has 0 saturated heterocycles. The van der Waals surface area contributed by atoms with E-state index in [1.165, 1.54) is 11.5 Å². The molecule has 0 bridgehead atoms. The number of nitrogens with one attached hydrogen (secondary N) is 1. The van der Waals surface area contributed by atoms with Crippen LogP contribution in [0.25, 0.3) is 0 Å². The van der Waals surface area contributed by atoms with Crippen LogP contribution in [-0.2, 0) is 0 Å². The second-order valence-electron chi connectivity index (χ2n) is 3.63. The number of anilines is 2. The van der Waals surface area contributed by atoms with Crippen LogP contribution in [0, 0.1) is 5.92 Å². The van der Waals surface area contributed by atoms with E-state index in [9.17, 15) is 0 Å². The minimum absolute atomic E-state index is 0.351. The van der Waals surface area contributed by atoms with Crippen LogP contribution in [0.4, 0.5) is 11.1 Å². The maximum absolute atomic E-state index is 5.40. The third kappa shape index (κ3) is 3.59. The minimum atomic E-state index is 0.351. The zero-order chi connectivity index (χ0) is 9.84. The molecule has 1 atom stereocenters. The van der Waals surface area contributed by atoms with Gasteiger partial charge in [-0.15, -0.1) is 0 Å². The lowest BCUT2D eigenvalue weighted by molar-refractivity contribution is 0.539. The van der Waals surface area contributed by atoms with Crippen LogP contribution >= 0.6 is 11.5 Å². The molecule has 0 amide bonds. The second-order valence-corrected chi connectivity index (χ2v) is 4.38. The summed E-state index contributed by atoms with van der Waals surface area (Å²) in [6, 6.07) is 0.423. The molecular weight excluding hydrogens is 184 g/mol. The molecule has 0 aliphatic heterocycles. The summed E-state index contributed by atoms with van der Waals surface area (Å²) < 4.78 is 3.89. The van der Waals surface area contributed by atoms with Crippen molar-refractivity contribution < 1.29 is 0 Å². The molecule has 1 heterocycles. The lowest BCUT2D eigenvalue weighted by Crippen LogP contribution is -2.17. The summed E-state index contributed by atoms with van der Waals surface area (Å²) in [5, 5.41) is 4.07. The smallest absolute Gasteiger partial charge is 0.233 e. The van der Waals surface area contributed by atoms with Crippen molar-refractivity contribution in [2.45, 2.75) is 33.2 Å². The molecule has 1 rings (SSSR count). The Morgan fingerprint density at radius 2 is 2.15 bits per heavy atom. The van der Waals surface area contributed by atoms with Gasteiger partial charge in [0.1, 0.15) is 0 Å². The summed E-state index contributed by atoms with van der Waals surface area (Å²) in [4.78, 5) is 4.03. The molecule has 1 aromatic rings. The zero-order valence-corrected chi connectivity index (χ0v) is 9.06. The van der Waals surface area contributed by atoms with Gasteiger partial charge in [0.25, 0.3) is 0 Å². The highest BCUT2D eigenvalue weighted by Crippen LogP contribution is 2.15. The van der Waals surface area contributed by atoms with Crippen molar-refractivity contribution in [1.82, 2.24) is 9.36 Å². The van der Waals surface area contributed by atoms with Gasteiger partial charge in [0.05, 0.1) is 0 Å². The lowest BCUT2D eigenvalue weighted by Gasteiger charge is -2.14. The molecule has 13 heavy (non-hydrogen) atoms. The van der Waals surface area contributed by atoms with Gasteiger partial charge in [-0.05, 0) is 19.3 Å². The van der Waals surface area contributed by atoms with E-state index in [0.29, 0.717) is 17.9 Å². The van der Waals surface area contributed by atoms with Crippen LogP contribution in [0.2, 0.25) is 0 Å². The summed E-state index contributed by atoms with van der Waals surface area (Å²) >= 11 is 1.31. The van der Waals surface area contributed by atoms with E-state index in [1.54, 1.807) is 0 Å². The van der Waals surface area contributed by atoms with Crippen molar-refractivity contribution in [3.63, 3.8) is 0 Å². The fourth-order valence-electron chi connectivity index (χ4n) is 1.27. The zero-order valence-electron chi connectivity index (χ0n) is 8.24. The van der Waals surface area contributed by atoms with Crippen molar-refractivity contribution in [3.05, 3.63) is 0 Å². The number of aromatic nitrogens is 2. The summed E-state index contributed by atoms with van der Waals surface area (Å²) in [5.41, 5.74) is 5.40. The lowest BCUT2D eigenvalue weighted by atomic mass is 10.1. The fourth-order valence-corrected chi connectivity index (χ4v) is 1.88. The number of hydrogen-bond donors (Lipinski definition) is 2. The van der Waals surface area contributed by atoms with Gasteiger partial charge in [0, 0.05) is 17.6 Å². The number of hydrogen-bond acceptors (Lipinski definition) is 5. The third-order valence-corrected chi connectivity index (χ3v) is 2.30. The first kappa shape index (κ1) is 10.2. The van der Waals surface area contributed by atoms with Gasteiger partial charge >= 0.3 is 0 Å². The summed E-state index contributed by atoms with van der Waals surface area (Å²) in [7, 11) is 0. The van der Waals surface area contributed by atoms with Gasteiger partial charge in [0.15, 0.2) is 0 Å². The molecule has 4 nitrogen and oxygen atoms in total. The average Bonchev–Trinajstić information content (AvgIpc) is 2.33. The average molecular weight is 200 g/mol. The van der Waals surface area contributed by atoms with E-state index in [0.717, 1.165) is 11.6 Å². The fraction of sp³-hybridized carbons (Fsp3) is 0.750. The first-order valence-electron chi connectivity index (χ1n) is 4.43. The van der Waals surface area contributed by atoms with Crippen molar-refractivity contribution in [2.75, 3.05) is 11.1 Å². The predicted octanol–water partition coefficient (Wildman–Crippen LogP) is 1.97. The molecule has 1 aromatic heterocycles. The number of rotatable bonds is 4. The highest BCUT2D eigenvalue weighted by molar-refractivity contribution is 7.09. The minimum Gasteiger partial charge on any atom is -0.367 e. The highest BCUT2D eigenvalue weighted by Gasteiger charge is 2.07. The summed E-state index contributed by atoms with van der Waals surface area (Å²) in [6.45, 7) is 6.54. The highest BCUT2D eigenvalue weighted by atomic mass is 32.1. The topological polar surface area (TPSA) is 63.8 Å². The van der Waals surface area contributed by atoms with E-state index in [2.05, 4.69) is 35.4 Å². The monoisotopic (exact) mass is 200 g/mol. The molecule has 0 fully saturated rings. The van der Waals surface area contributed by atoms with Gasteiger partial charge < -0.3 is 11.1 Å². The second kappa shape index (κ2) is 4.41. The largest absolute Gasteiger partial charge is 0.367 e. The maximum atomic E-state index is 5.40. The Morgan fingerprint density at radius 3 is 2.62 bits per heavy atom. The molecule has 0 spiro atoms. The third-order valence-electron chi connectivity index (χ3n) is 1.64. The normalized spacial score (nSPS) is 13.2. The Labute approximate surface area is 82.7 Å². The molecule has 74 valence electrons. The molecule has 3 N–H and O–H groups in total. The molecule has 0 radical (unpaired) electrons. The number of nitrogens with zero attached hydrogens (tertiary/aromatic N) is 2. The predicted molar refractivity (Wildman–Crippen MR) is 56.9 cm³/mol. The van der Waals surface area contributed by atoms with Crippen LogP contribution in [0.15, 0.2) is 0 Å². The van der Waals surface area contributed by atoms with E-state index in [-0.39, 0.29) is 0 Å². The maximum Gasteiger partial charge on any atom is 0.233 e. The summed E-state index contributed by atoms with van der Waals surface area (Å²) in [5.74, 6) is 1.04. The van der Waals surface area contributed by atoms with Gasteiger partial charge in [-0.25, -0.2) is 0 Å². The van der Waals surface area contributed by atoms with Crippen LogP contribution in [0.3, 0.4) is 0 Å². The molecule has 0 aliphatic rings. The first-order chi connectivity index (χ1) is 6.08. The Hall–Kier alpha value is -0.840. The van der Waals surface area contributed by atoms with E-state index >= 15 is 0 Å². The number of nitrogens with two attached hydrogens (primary N) is 1. The van der Waals surface area contributed by atoms with E-state index in [4.69, 9.17) is 5.73 Å². The van der Waals surface area contributed by atoms with Crippen LogP contribution in [0.5, 0.6) is 0 Å². The molecule has 0 saturated carbocycles. The van der Waals surface area contributed by atoms with Gasteiger partial charge in [-0.2, -0.15) is 9.36 Å². The Balaban J connectivity index is 2.40. The van der Waals surface area contributed by atoms with Crippen LogP contribution in [-0.4, -0.2) is 15.4 Å². The van der Waals surface area contributed by atoms with Gasteiger partial charge in [0.2, 0.25) is 11.1 Å². The van der Waals surface area contributed by atoms with E-state index < -0.39 is 0 Å². The van der Waals surface area contributed by atoms with Crippen molar-refractivity contribution >= 4 is 22.6 Å². The first-order valence-corrected chi connectivity index (χ1v) is 5.21. The summed E-state index contributed by atoms with van der Waals surface area (Å²) in [6.07, 6.45) is 1.12.